The summed E-state index contributed by atoms with van der Waals surface area (Å²) in [5.74, 6) is -0.259. The van der Waals surface area contributed by atoms with Crippen LogP contribution in [0, 0.1) is 0 Å². The highest BCUT2D eigenvalue weighted by Crippen LogP contribution is 2.31. The number of hydrogen-bond donors (Lipinski definition) is 1. The number of amides is 1. The molecule has 1 N–H and O–H groups in total. The predicted octanol–water partition coefficient (Wildman–Crippen LogP) is 2.51. The first-order chi connectivity index (χ1) is 13.3. The first kappa shape index (κ1) is 20.4. The second kappa shape index (κ2) is 8.32. The Morgan fingerprint density at radius 2 is 1.93 bits per heavy atom. The quantitative estimate of drug-likeness (QED) is 0.724. The van der Waals surface area contributed by atoms with Crippen molar-refractivity contribution in [2.45, 2.75) is 30.7 Å². The predicted molar refractivity (Wildman–Crippen MR) is 111 cm³/mol. The fourth-order valence-corrected chi connectivity index (χ4v) is 4.48. The summed E-state index contributed by atoms with van der Waals surface area (Å²) in [4.78, 5) is 14.9. The number of fused-ring (bicyclic) bond motifs is 1. The minimum absolute atomic E-state index is 0.118. The van der Waals surface area contributed by atoms with Crippen LogP contribution in [0.2, 0.25) is 0 Å². The van der Waals surface area contributed by atoms with E-state index in [1.165, 1.54) is 37.5 Å². The van der Waals surface area contributed by atoms with E-state index in [2.05, 4.69) is 41.4 Å². The molecule has 0 saturated heterocycles. The summed E-state index contributed by atoms with van der Waals surface area (Å²) in [6.07, 6.45) is 1.87. The standard InChI is InChI=1S/C21H27N3O3S/c1-16-14-17-8-4-5-11-20(17)24(16)13-7-12-22-21(25)18-9-6-10-19(15-18)28(26,27)23(2)3/h4-6,8-11,15-16H,7,12-14H2,1-3H3,(H,22,25)/t16-/m0/s1. The number of anilines is 1. The van der Waals surface area contributed by atoms with Gasteiger partial charge in [-0.15, -0.1) is 0 Å². The zero-order chi connectivity index (χ0) is 20.3. The molecule has 6 nitrogen and oxygen atoms in total. The molecule has 0 bridgehead atoms. The molecule has 0 aromatic heterocycles. The number of carbonyl (C=O) groups excluding carboxylic acids is 1. The molecule has 0 unspecified atom stereocenters. The third-order valence-corrected chi connectivity index (χ3v) is 6.90. The molecule has 0 aliphatic carbocycles. The van der Waals surface area contributed by atoms with Crippen molar-refractivity contribution in [3.63, 3.8) is 0 Å². The second-order valence-electron chi connectivity index (χ2n) is 7.30. The van der Waals surface area contributed by atoms with Gasteiger partial charge in [-0.05, 0) is 49.6 Å². The van der Waals surface area contributed by atoms with E-state index in [1.54, 1.807) is 12.1 Å². The summed E-state index contributed by atoms with van der Waals surface area (Å²) in [5.41, 5.74) is 3.00. The van der Waals surface area contributed by atoms with Crippen LogP contribution in [0.1, 0.15) is 29.3 Å². The number of benzene rings is 2. The number of carbonyl (C=O) groups is 1. The third-order valence-electron chi connectivity index (χ3n) is 5.08. The van der Waals surface area contributed by atoms with Crippen LogP contribution >= 0.6 is 0 Å². The van der Waals surface area contributed by atoms with Gasteiger partial charge in [0, 0.05) is 44.5 Å². The fraction of sp³-hybridized carbons (Fsp3) is 0.381. The molecular weight excluding hydrogens is 374 g/mol. The maximum Gasteiger partial charge on any atom is 0.251 e. The molecule has 28 heavy (non-hydrogen) atoms. The van der Waals surface area contributed by atoms with Gasteiger partial charge in [-0.25, -0.2) is 12.7 Å². The Bertz CT molecular complexity index is 957. The summed E-state index contributed by atoms with van der Waals surface area (Å²) in [6, 6.07) is 15.0. The average Bonchev–Trinajstić information content (AvgIpc) is 3.00. The SMILES string of the molecule is C[C@H]1Cc2ccccc2N1CCCNC(=O)c1cccc(S(=O)(=O)N(C)C)c1. The van der Waals surface area contributed by atoms with Crippen molar-refractivity contribution < 1.29 is 13.2 Å². The lowest BCUT2D eigenvalue weighted by Crippen LogP contribution is -2.33. The Hall–Kier alpha value is -2.38. The molecule has 150 valence electrons. The maximum absolute atomic E-state index is 12.4. The van der Waals surface area contributed by atoms with E-state index in [9.17, 15) is 13.2 Å². The lowest BCUT2D eigenvalue weighted by atomic mass is 10.1. The van der Waals surface area contributed by atoms with Gasteiger partial charge in [-0.2, -0.15) is 0 Å². The van der Waals surface area contributed by atoms with Gasteiger partial charge in [-0.3, -0.25) is 4.79 Å². The third kappa shape index (κ3) is 4.20. The fourth-order valence-electron chi connectivity index (χ4n) is 3.53. The highest BCUT2D eigenvalue weighted by atomic mass is 32.2. The molecule has 1 atom stereocenters. The maximum atomic E-state index is 12.4. The summed E-state index contributed by atoms with van der Waals surface area (Å²) in [5, 5.41) is 2.90. The van der Waals surface area contributed by atoms with Crippen molar-refractivity contribution in [3.05, 3.63) is 59.7 Å². The van der Waals surface area contributed by atoms with Crippen LogP contribution in [0.15, 0.2) is 53.4 Å². The molecule has 0 radical (unpaired) electrons. The average molecular weight is 402 g/mol. The van der Waals surface area contributed by atoms with Crippen molar-refractivity contribution in [2.75, 3.05) is 32.1 Å². The van der Waals surface area contributed by atoms with E-state index in [0.717, 1.165) is 23.7 Å². The van der Waals surface area contributed by atoms with E-state index in [-0.39, 0.29) is 10.8 Å². The number of nitrogens with zero attached hydrogens (tertiary/aromatic N) is 2. The lowest BCUT2D eigenvalue weighted by molar-refractivity contribution is 0.0953. The van der Waals surface area contributed by atoms with Crippen molar-refractivity contribution in [2.24, 2.45) is 0 Å². The van der Waals surface area contributed by atoms with Gasteiger partial charge in [0.1, 0.15) is 0 Å². The Labute approximate surface area is 167 Å². The van der Waals surface area contributed by atoms with Gasteiger partial charge in [0.15, 0.2) is 0 Å². The first-order valence-corrected chi connectivity index (χ1v) is 10.9. The van der Waals surface area contributed by atoms with E-state index < -0.39 is 10.0 Å². The van der Waals surface area contributed by atoms with Crippen LogP contribution in [0.25, 0.3) is 0 Å². The molecule has 7 heteroatoms. The molecular formula is C21H27N3O3S. The molecule has 3 rings (SSSR count). The Morgan fingerprint density at radius 3 is 2.68 bits per heavy atom. The van der Waals surface area contributed by atoms with Gasteiger partial charge in [-0.1, -0.05) is 24.3 Å². The smallest absolute Gasteiger partial charge is 0.251 e. The minimum Gasteiger partial charge on any atom is -0.368 e. The summed E-state index contributed by atoms with van der Waals surface area (Å²) in [6.45, 7) is 3.62. The van der Waals surface area contributed by atoms with Crippen LogP contribution in [-0.2, 0) is 16.4 Å². The molecule has 2 aromatic carbocycles. The summed E-state index contributed by atoms with van der Waals surface area (Å²) >= 11 is 0. The lowest BCUT2D eigenvalue weighted by Gasteiger charge is -2.25. The molecule has 0 saturated carbocycles. The molecule has 1 aliphatic rings. The zero-order valence-electron chi connectivity index (χ0n) is 16.6. The largest absolute Gasteiger partial charge is 0.368 e. The molecule has 1 amide bonds. The molecule has 0 fully saturated rings. The van der Waals surface area contributed by atoms with E-state index in [1.807, 2.05) is 0 Å². The monoisotopic (exact) mass is 401 g/mol. The van der Waals surface area contributed by atoms with Crippen LogP contribution < -0.4 is 10.2 Å². The van der Waals surface area contributed by atoms with Crippen molar-refractivity contribution >= 4 is 21.6 Å². The normalized spacial score (nSPS) is 16.3. The van der Waals surface area contributed by atoms with Gasteiger partial charge in [0.05, 0.1) is 4.90 Å². The number of rotatable bonds is 7. The molecule has 1 aliphatic heterocycles. The van der Waals surface area contributed by atoms with Crippen LogP contribution in [-0.4, -0.2) is 51.9 Å². The van der Waals surface area contributed by atoms with E-state index in [0.29, 0.717) is 18.2 Å². The van der Waals surface area contributed by atoms with Gasteiger partial charge in [0.25, 0.3) is 5.91 Å². The highest BCUT2D eigenvalue weighted by Gasteiger charge is 2.24. The number of hydrogen-bond acceptors (Lipinski definition) is 4. The van der Waals surface area contributed by atoms with Crippen molar-refractivity contribution in [3.8, 4) is 0 Å². The Kier molecular flexibility index (Phi) is 6.05. The second-order valence-corrected chi connectivity index (χ2v) is 9.45. The molecule has 0 spiro atoms. The zero-order valence-corrected chi connectivity index (χ0v) is 17.4. The highest BCUT2D eigenvalue weighted by molar-refractivity contribution is 7.89. The topological polar surface area (TPSA) is 69.7 Å². The Morgan fingerprint density at radius 1 is 1.18 bits per heavy atom. The Balaban J connectivity index is 1.56. The van der Waals surface area contributed by atoms with E-state index >= 15 is 0 Å². The molecule has 1 heterocycles. The summed E-state index contributed by atoms with van der Waals surface area (Å²) in [7, 11) is -0.613. The van der Waals surface area contributed by atoms with E-state index in [4.69, 9.17) is 0 Å². The minimum atomic E-state index is -3.56. The summed E-state index contributed by atoms with van der Waals surface area (Å²) < 4.78 is 25.6. The number of nitrogens with one attached hydrogen (secondary N) is 1. The van der Waals surface area contributed by atoms with Crippen molar-refractivity contribution in [1.82, 2.24) is 9.62 Å². The van der Waals surface area contributed by atoms with Gasteiger partial charge < -0.3 is 10.2 Å². The van der Waals surface area contributed by atoms with Gasteiger partial charge in [0.2, 0.25) is 10.0 Å². The molecule has 2 aromatic rings. The van der Waals surface area contributed by atoms with Crippen molar-refractivity contribution in [1.29, 1.82) is 0 Å². The van der Waals surface area contributed by atoms with Crippen LogP contribution in [0.5, 0.6) is 0 Å². The van der Waals surface area contributed by atoms with Crippen LogP contribution in [0.4, 0.5) is 5.69 Å². The number of para-hydroxylation sites is 1. The number of sulfonamides is 1. The van der Waals surface area contributed by atoms with Gasteiger partial charge >= 0.3 is 0 Å². The first-order valence-electron chi connectivity index (χ1n) is 9.46. The van der Waals surface area contributed by atoms with Crippen LogP contribution in [0.3, 0.4) is 0 Å².